The Kier molecular flexibility index (Phi) is 11.6. The first-order valence-corrected chi connectivity index (χ1v) is 17.2. The number of aliphatic hydroxyl groups excluding tert-OH is 2. The molecule has 0 aliphatic carbocycles. The summed E-state index contributed by atoms with van der Waals surface area (Å²) in [5, 5.41) is 25.5. The van der Waals surface area contributed by atoms with Crippen LogP contribution in [0.1, 0.15) is 46.5 Å². The summed E-state index contributed by atoms with van der Waals surface area (Å²) in [7, 11) is 2.26. The number of hydrogen-bond donors (Lipinski definition) is 3. The van der Waals surface area contributed by atoms with Crippen molar-refractivity contribution in [2.75, 3.05) is 20.8 Å². The van der Waals surface area contributed by atoms with E-state index in [2.05, 4.69) is 5.32 Å². The highest BCUT2D eigenvalue weighted by atomic mass is 32.2. The molecule has 17 heteroatoms. The van der Waals surface area contributed by atoms with Gasteiger partial charge < -0.3 is 53.4 Å². The quantitative estimate of drug-likeness (QED) is 0.193. The normalized spacial score (nSPS) is 34.1. The third-order valence-electron chi connectivity index (χ3n) is 9.54. The molecule has 0 spiro atoms. The van der Waals surface area contributed by atoms with E-state index in [1.807, 2.05) is 13.8 Å². The standard InChI is InChI=1S/C33H43NO15S/c1-6-16(2)26(45-17(3)35)27-19-12-23(37)46-21(19)13-32(48-27,29(39)42-4)44-15-20(36)25(38)28-24-22(47-31(41)34-24)14-33(49-28,30(40)43-5)50-18-10-8-7-9-11-18/h7-11,16,19-22,24-28,36,38H,6,12-15H2,1-5H3,(H,34,41)/t16-,19-,20-,21-,22-,24-,25-,26-,27?,28?,32-,33-/m1/s1. The monoisotopic (exact) mass is 725 g/mol. The van der Waals surface area contributed by atoms with Crippen molar-refractivity contribution in [3.05, 3.63) is 30.3 Å². The van der Waals surface area contributed by atoms with Crippen molar-refractivity contribution in [1.82, 2.24) is 5.32 Å². The van der Waals surface area contributed by atoms with Crippen LogP contribution in [0.25, 0.3) is 0 Å². The van der Waals surface area contributed by atoms with Crippen LogP contribution >= 0.6 is 11.8 Å². The van der Waals surface area contributed by atoms with Crippen molar-refractivity contribution >= 4 is 41.7 Å². The lowest BCUT2D eigenvalue weighted by Gasteiger charge is -2.47. The molecule has 4 saturated heterocycles. The molecule has 12 atom stereocenters. The Morgan fingerprint density at radius 2 is 1.70 bits per heavy atom. The Bertz CT molecular complexity index is 1430. The number of fused-ring (bicyclic) bond motifs is 2. The summed E-state index contributed by atoms with van der Waals surface area (Å²) in [6, 6.07) is 7.77. The third kappa shape index (κ3) is 7.57. The topological polar surface area (TPSA) is 212 Å². The highest BCUT2D eigenvalue weighted by Crippen LogP contribution is 2.47. The lowest BCUT2D eigenvalue weighted by Crippen LogP contribution is -2.64. The predicted molar refractivity (Wildman–Crippen MR) is 169 cm³/mol. The molecule has 0 aromatic heterocycles. The predicted octanol–water partition coefficient (Wildman–Crippen LogP) is 1.22. The largest absolute Gasteiger partial charge is 0.466 e. The Labute approximate surface area is 292 Å². The molecular formula is C33H43NO15S. The molecule has 16 nitrogen and oxygen atoms in total. The fourth-order valence-electron chi connectivity index (χ4n) is 6.88. The molecule has 0 bridgehead atoms. The summed E-state index contributed by atoms with van der Waals surface area (Å²) < 4.78 is 45.3. The van der Waals surface area contributed by atoms with E-state index in [1.54, 1.807) is 30.3 Å². The van der Waals surface area contributed by atoms with E-state index < -0.39 is 102 Å². The van der Waals surface area contributed by atoms with E-state index in [4.69, 9.17) is 37.9 Å². The summed E-state index contributed by atoms with van der Waals surface area (Å²) in [5.74, 6) is -6.11. The van der Waals surface area contributed by atoms with E-state index in [0.717, 1.165) is 18.9 Å². The van der Waals surface area contributed by atoms with Crippen molar-refractivity contribution in [3.8, 4) is 0 Å². The number of carbonyl (C=O) groups excluding carboxylic acids is 5. The van der Waals surface area contributed by atoms with Crippen molar-refractivity contribution in [3.63, 3.8) is 0 Å². The Balaban J connectivity index is 1.41. The van der Waals surface area contributed by atoms with Gasteiger partial charge in [-0.05, 0) is 24.5 Å². The summed E-state index contributed by atoms with van der Waals surface area (Å²) in [6.07, 6.45) is -9.69. The first-order valence-electron chi connectivity index (χ1n) is 16.4. The minimum Gasteiger partial charge on any atom is -0.466 e. The fourth-order valence-corrected chi connectivity index (χ4v) is 8.13. The van der Waals surface area contributed by atoms with Crippen molar-refractivity contribution in [1.29, 1.82) is 0 Å². The van der Waals surface area contributed by atoms with Gasteiger partial charge in [0.2, 0.25) is 4.93 Å². The second kappa shape index (κ2) is 15.4. The van der Waals surface area contributed by atoms with Crippen LogP contribution in [0.2, 0.25) is 0 Å². The van der Waals surface area contributed by atoms with Crippen molar-refractivity contribution < 1.29 is 72.1 Å². The minimum atomic E-state index is -2.27. The molecule has 1 aromatic rings. The molecule has 5 rings (SSSR count). The average molecular weight is 726 g/mol. The summed E-state index contributed by atoms with van der Waals surface area (Å²) in [4.78, 5) is 62.5. The molecule has 2 unspecified atom stereocenters. The maximum absolute atomic E-state index is 13.4. The van der Waals surface area contributed by atoms with E-state index in [9.17, 15) is 34.2 Å². The number of carbonyl (C=O) groups is 5. The number of esters is 4. The molecular weight excluding hydrogens is 682 g/mol. The van der Waals surface area contributed by atoms with Gasteiger partial charge >= 0.3 is 30.0 Å². The maximum atomic E-state index is 13.4. The molecule has 4 aliphatic rings. The van der Waals surface area contributed by atoms with Gasteiger partial charge in [-0.2, -0.15) is 0 Å². The van der Waals surface area contributed by atoms with Crippen LogP contribution in [0.15, 0.2) is 35.2 Å². The Hall–Kier alpha value is -3.48. The van der Waals surface area contributed by atoms with E-state index in [0.29, 0.717) is 11.3 Å². The van der Waals surface area contributed by atoms with Crippen LogP contribution in [0.5, 0.6) is 0 Å². The Morgan fingerprint density at radius 1 is 1.00 bits per heavy atom. The molecule has 0 saturated carbocycles. The summed E-state index contributed by atoms with van der Waals surface area (Å²) in [5.41, 5.74) is 0. The molecule has 0 radical (unpaired) electrons. The molecule has 1 amide bonds. The zero-order valence-corrected chi connectivity index (χ0v) is 29.1. The summed E-state index contributed by atoms with van der Waals surface area (Å²) in [6.45, 7) is 4.17. The number of methoxy groups -OCH3 is 2. The van der Waals surface area contributed by atoms with Gasteiger partial charge in [0.05, 0.1) is 39.7 Å². The first kappa shape index (κ1) is 37.8. The summed E-state index contributed by atoms with van der Waals surface area (Å²) >= 11 is 0.992. The second-order valence-electron chi connectivity index (χ2n) is 12.8. The number of ether oxygens (including phenoxy) is 8. The number of alkyl carbamates (subject to hydrolysis) is 1. The van der Waals surface area contributed by atoms with Gasteiger partial charge in [0, 0.05) is 24.2 Å². The molecule has 4 heterocycles. The lowest BCUT2D eigenvalue weighted by molar-refractivity contribution is -0.320. The number of amides is 1. The van der Waals surface area contributed by atoms with Gasteiger partial charge in [-0.25, -0.2) is 14.4 Å². The van der Waals surface area contributed by atoms with Crippen molar-refractivity contribution in [2.24, 2.45) is 11.8 Å². The highest BCUT2D eigenvalue weighted by molar-refractivity contribution is 8.01. The highest BCUT2D eigenvalue weighted by Gasteiger charge is 2.62. The molecule has 4 fully saturated rings. The zero-order chi connectivity index (χ0) is 36.4. The van der Waals surface area contributed by atoms with Crippen LogP contribution < -0.4 is 5.32 Å². The van der Waals surface area contributed by atoms with E-state index in [-0.39, 0.29) is 25.2 Å². The van der Waals surface area contributed by atoms with Gasteiger partial charge in [-0.3, -0.25) is 9.59 Å². The number of hydrogen-bond acceptors (Lipinski definition) is 16. The first-order chi connectivity index (χ1) is 23.8. The van der Waals surface area contributed by atoms with Gasteiger partial charge in [-0.1, -0.05) is 43.8 Å². The SMILES string of the molecule is CC[C@@H](C)[C@@H](OC(C)=O)C1O[C@@](OC[C@@H](O)[C@@H](O)C2O[C@](Sc3ccccc3)(C(=O)OC)C[C@H]3OC(=O)N[C@@H]23)(C(=O)OC)C[C@H]2OC(=O)C[C@@H]12. The maximum Gasteiger partial charge on any atom is 0.407 e. The van der Waals surface area contributed by atoms with Crippen LogP contribution in [-0.2, 0) is 57.1 Å². The van der Waals surface area contributed by atoms with Gasteiger partial charge in [0.1, 0.15) is 42.7 Å². The number of nitrogens with one attached hydrogen (secondary N) is 1. The minimum absolute atomic E-state index is 0.0551. The molecule has 4 aliphatic heterocycles. The van der Waals surface area contributed by atoms with E-state index in [1.165, 1.54) is 14.0 Å². The van der Waals surface area contributed by atoms with E-state index >= 15 is 0 Å². The van der Waals surface area contributed by atoms with Crippen LogP contribution in [-0.4, -0.2) is 120 Å². The lowest BCUT2D eigenvalue weighted by atomic mass is 9.80. The molecule has 1 aromatic carbocycles. The fraction of sp³-hybridized carbons (Fsp3) is 0.667. The van der Waals surface area contributed by atoms with Crippen LogP contribution in [0.4, 0.5) is 4.79 Å². The number of benzene rings is 1. The second-order valence-corrected chi connectivity index (χ2v) is 14.2. The number of rotatable bonds is 13. The van der Waals surface area contributed by atoms with Crippen LogP contribution in [0.3, 0.4) is 0 Å². The number of thioether (sulfide) groups is 1. The molecule has 276 valence electrons. The average Bonchev–Trinajstić information content (AvgIpc) is 3.67. The van der Waals surface area contributed by atoms with Crippen molar-refractivity contribution in [2.45, 2.75) is 111 Å². The Morgan fingerprint density at radius 3 is 2.34 bits per heavy atom. The van der Waals surface area contributed by atoms with Gasteiger partial charge in [-0.15, -0.1) is 0 Å². The molecule has 3 N–H and O–H groups in total. The number of aliphatic hydroxyl groups is 2. The van der Waals surface area contributed by atoms with Gasteiger partial charge in [0.15, 0.2) is 0 Å². The third-order valence-corrected chi connectivity index (χ3v) is 10.8. The van der Waals surface area contributed by atoms with Crippen LogP contribution in [0, 0.1) is 11.8 Å². The van der Waals surface area contributed by atoms with Gasteiger partial charge in [0.25, 0.3) is 5.79 Å². The molecule has 50 heavy (non-hydrogen) atoms. The smallest absolute Gasteiger partial charge is 0.407 e. The zero-order valence-electron chi connectivity index (χ0n) is 28.3.